The molecule has 0 aromatic heterocycles. The zero-order valence-electron chi connectivity index (χ0n) is 13.4. The van der Waals surface area contributed by atoms with E-state index in [1.165, 1.54) is 0 Å². The minimum absolute atomic E-state index is 0.0632. The fourth-order valence-corrected chi connectivity index (χ4v) is 3.27. The zero-order valence-corrected chi connectivity index (χ0v) is 14.4. The normalized spacial score (nSPS) is 24.2. The predicted octanol–water partition coefficient (Wildman–Crippen LogP) is 2.22. The number of esters is 1. The number of carbonyl (C=O) groups is 2. The first-order valence-corrected chi connectivity index (χ1v) is 10.1. The average molecular weight is 301 g/mol. The van der Waals surface area contributed by atoms with Crippen molar-refractivity contribution in [1.82, 2.24) is 5.32 Å². The lowest BCUT2D eigenvalue weighted by Gasteiger charge is -2.42. The summed E-state index contributed by atoms with van der Waals surface area (Å²) < 4.78 is 11.3. The third-order valence-corrected chi connectivity index (χ3v) is 8.64. The van der Waals surface area contributed by atoms with Gasteiger partial charge in [-0.3, -0.25) is 4.79 Å². The Labute approximate surface area is 122 Å². The number of hydrogen-bond acceptors (Lipinski definition) is 4. The molecule has 2 atom stereocenters. The topological polar surface area (TPSA) is 64.6 Å². The SMILES string of the molecule is CCOC(=O)[C@H]1NC(=O)CC[C@@H]1O[Si](C)(C)C(C)(C)C. The molecule has 1 amide bonds. The highest BCUT2D eigenvalue weighted by molar-refractivity contribution is 6.74. The number of rotatable bonds is 4. The highest BCUT2D eigenvalue weighted by Crippen LogP contribution is 2.38. The molecule has 1 N–H and O–H groups in total. The van der Waals surface area contributed by atoms with Gasteiger partial charge in [-0.2, -0.15) is 0 Å². The standard InChI is InChI=1S/C14H27NO4Si/c1-7-18-13(17)12-10(8-9-11(16)15-12)19-20(5,6)14(2,3)4/h10,12H,7-9H2,1-6H3,(H,15,16)/t10-,12-/m0/s1. The molecule has 0 spiro atoms. The van der Waals surface area contributed by atoms with Crippen LogP contribution in [0.3, 0.4) is 0 Å². The van der Waals surface area contributed by atoms with E-state index in [0.717, 1.165) is 0 Å². The van der Waals surface area contributed by atoms with Crippen LogP contribution in [-0.4, -0.2) is 38.9 Å². The number of ether oxygens (including phenoxy) is 1. The molecule has 6 heteroatoms. The molecular weight excluding hydrogens is 274 g/mol. The van der Waals surface area contributed by atoms with Crippen LogP contribution in [0, 0.1) is 0 Å². The molecule has 1 heterocycles. The van der Waals surface area contributed by atoms with Gasteiger partial charge in [-0.05, 0) is 31.5 Å². The molecule has 1 rings (SSSR count). The smallest absolute Gasteiger partial charge is 0.331 e. The Bertz CT molecular complexity index is 376. The summed E-state index contributed by atoms with van der Waals surface area (Å²) in [5.74, 6) is -0.512. The van der Waals surface area contributed by atoms with Crippen molar-refractivity contribution in [2.24, 2.45) is 0 Å². The summed E-state index contributed by atoms with van der Waals surface area (Å²) in [7, 11) is -1.98. The molecule has 116 valence electrons. The van der Waals surface area contributed by atoms with E-state index in [1.807, 2.05) is 0 Å². The van der Waals surface area contributed by atoms with Gasteiger partial charge in [-0.15, -0.1) is 0 Å². The van der Waals surface area contributed by atoms with Crippen molar-refractivity contribution >= 4 is 20.2 Å². The highest BCUT2D eigenvalue weighted by Gasteiger charge is 2.44. The molecular formula is C14H27NO4Si. The van der Waals surface area contributed by atoms with Crippen molar-refractivity contribution in [3.8, 4) is 0 Å². The first kappa shape index (κ1) is 17.2. The van der Waals surface area contributed by atoms with Crippen LogP contribution in [-0.2, 0) is 18.8 Å². The Kier molecular flexibility index (Phi) is 5.37. The fourth-order valence-electron chi connectivity index (χ4n) is 1.90. The van der Waals surface area contributed by atoms with Gasteiger partial charge in [0, 0.05) is 6.42 Å². The lowest BCUT2D eigenvalue weighted by atomic mass is 10.0. The van der Waals surface area contributed by atoms with Crippen molar-refractivity contribution in [2.45, 2.75) is 70.8 Å². The van der Waals surface area contributed by atoms with Gasteiger partial charge in [0.2, 0.25) is 5.91 Å². The van der Waals surface area contributed by atoms with Crippen molar-refractivity contribution in [3.63, 3.8) is 0 Å². The Morgan fingerprint density at radius 3 is 2.50 bits per heavy atom. The van der Waals surface area contributed by atoms with Crippen molar-refractivity contribution in [2.75, 3.05) is 6.61 Å². The van der Waals surface area contributed by atoms with Gasteiger partial charge in [0.1, 0.15) is 0 Å². The van der Waals surface area contributed by atoms with Crippen LogP contribution >= 0.6 is 0 Å². The lowest BCUT2D eigenvalue weighted by molar-refractivity contribution is -0.152. The van der Waals surface area contributed by atoms with E-state index in [4.69, 9.17) is 9.16 Å². The van der Waals surface area contributed by atoms with Gasteiger partial charge in [0.05, 0.1) is 12.7 Å². The van der Waals surface area contributed by atoms with Crippen LogP contribution in [0.15, 0.2) is 0 Å². The second kappa shape index (κ2) is 6.26. The Morgan fingerprint density at radius 2 is 2.00 bits per heavy atom. The number of amides is 1. The number of nitrogens with one attached hydrogen (secondary N) is 1. The van der Waals surface area contributed by atoms with Crippen molar-refractivity contribution < 1.29 is 18.8 Å². The van der Waals surface area contributed by atoms with Gasteiger partial charge in [-0.1, -0.05) is 20.8 Å². The van der Waals surface area contributed by atoms with E-state index in [2.05, 4.69) is 39.2 Å². The summed E-state index contributed by atoms with van der Waals surface area (Å²) in [6.07, 6.45) is 0.685. The maximum Gasteiger partial charge on any atom is 0.331 e. The first-order chi connectivity index (χ1) is 9.08. The maximum absolute atomic E-state index is 12.0. The molecule has 5 nitrogen and oxygen atoms in total. The number of piperidine rings is 1. The van der Waals surface area contributed by atoms with Crippen molar-refractivity contribution in [3.05, 3.63) is 0 Å². The summed E-state index contributed by atoms with van der Waals surface area (Å²) in [6.45, 7) is 12.8. The summed E-state index contributed by atoms with van der Waals surface area (Å²) in [5, 5.41) is 2.77. The molecule has 1 aliphatic heterocycles. The van der Waals surface area contributed by atoms with Crippen LogP contribution in [0.2, 0.25) is 18.1 Å². The van der Waals surface area contributed by atoms with Crippen LogP contribution in [0.4, 0.5) is 0 Å². The molecule has 0 saturated carbocycles. The Hall–Kier alpha value is -0.883. The van der Waals surface area contributed by atoms with Gasteiger partial charge >= 0.3 is 5.97 Å². The molecule has 20 heavy (non-hydrogen) atoms. The minimum atomic E-state index is -1.98. The molecule has 0 aromatic carbocycles. The molecule has 0 aromatic rings. The highest BCUT2D eigenvalue weighted by atomic mass is 28.4. The Morgan fingerprint density at radius 1 is 1.40 bits per heavy atom. The van der Waals surface area contributed by atoms with E-state index < -0.39 is 20.3 Å². The fraction of sp³-hybridized carbons (Fsp3) is 0.857. The van der Waals surface area contributed by atoms with Gasteiger partial charge in [0.25, 0.3) is 0 Å². The molecule has 1 fully saturated rings. The second-order valence-corrected chi connectivity index (χ2v) is 11.5. The van der Waals surface area contributed by atoms with E-state index >= 15 is 0 Å². The minimum Gasteiger partial charge on any atom is -0.464 e. The third kappa shape index (κ3) is 4.05. The summed E-state index contributed by atoms with van der Waals surface area (Å²) in [5.41, 5.74) is 0. The Balaban J connectivity index is 2.84. The van der Waals surface area contributed by atoms with Crippen LogP contribution in [0.5, 0.6) is 0 Å². The van der Waals surface area contributed by atoms with E-state index in [9.17, 15) is 9.59 Å². The number of hydrogen-bond donors (Lipinski definition) is 1. The molecule has 0 unspecified atom stereocenters. The second-order valence-electron chi connectivity index (χ2n) is 6.75. The monoisotopic (exact) mass is 301 g/mol. The lowest BCUT2D eigenvalue weighted by Crippen LogP contribution is -2.58. The molecule has 0 aliphatic carbocycles. The predicted molar refractivity (Wildman–Crippen MR) is 79.9 cm³/mol. The summed E-state index contributed by atoms with van der Waals surface area (Å²) >= 11 is 0. The van der Waals surface area contributed by atoms with Gasteiger partial charge in [0.15, 0.2) is 14.4 Å². The van der Waals surface area contributed by atoms with E-state index in [0.29, 0.717) is 19.4 Å². The zero-order chi connectivity index (χ0) is 15.6. The molecule has 0 radical (unpaired) electrons. The van der Waals surface area contributed by atoms with Crippen LogP contribution in [0.25, 0.3) is 0 Å². The van der Waals surface area contributed by atoms with Crippen LogP contribution < -0.4 is 5.32 Å². The largest absolute Gasteiger partial charge is 0.464 e. The van der Waals surface area contributed by atoms with Gasteiger partial charge in [-0.25, -0.2) is 4.79 Å². The van der Waals surface area contributed by atoms with Crippen LogP contribution in [0.1, 0.15) is 40.5 Å². The van der Waals surface area contributed by atoms with E-state index in [-0.39, 0.29) is 17.0 Å². The number of carbonyl (C=O) groups excluding carboxylic acids is 2. The quantitative estimate of drug-likeness (QED) is 0.639. The van der Waals surface area contributed by atoms with Crippen molar-refractivity contribution in [1.29, 1.82) is 0 Å². The third-order valence-electron chi connectivity index (χ3n) is 4.14. The summed E-state index contributed by atoms with van der Waals surface area (Å²) in [6, 6.07) is -0.676. The summed E-state index contributed by atoms with van der Waals surface area (Å²) in [4.78, 5) is 23.5. The molecule has 1 saturated heterocycles. The van der Waals surface area contributed by atoms with E-state index in [1.54, 1.807) is 6.92 Å². The average Bonchev–Trinajstić information content (AvgIpc) is 2.30. The molecule has 0 bridgehead atoms. The maximum atomic E-state index is 12.0. The molecule has 1 aliphatic rings. The van der Waals surface area contributed by atoms with Gasteiger partial charge < -0.3 is 14.5 Å². The first-order valence-electron chi connectivity index (χ1n) is 7.22.